The van der Waals surface area contributed by atoms with Crippen LogP contribution in [-0.2, 0) is 0 Å². The predicted molar refractivity (Wildman–Crippen MR) is 95.2 cm³/mol. The number of para-hydroxylation sites is 1. The summed E-state index contributed by atoms with van der Waals surface area (Å²) in [5, 5.41) is 12.0. The molecule has 0 atom stereocenters. The minimum Gasteiger partial charge on any atom is -0.850 e. The van der Waals surface area contributed by atoms with Gasteiger partial charge in [-0.25, -0.2) is 0 Å². The summed E-state index contributed by atoms with van der Waals surface area (Å²) in [5.74, 6) is 0.870. The Kier molecular flexibility index (Phi) is 8.31. The van der Waals surface area contributed by atoms with Crippen LogP contribution < -0.4 is 24.0 Å². The van der Waals surface area contributed by atoms with Crippen LogP contribution in [0.25, 0.3) is 0 Å². The van der Waals surface area contributed by atoms with E-state index in [1.807, 2.05) is 6.21 Å². The maximum atomic E-state index is 12.0. The molecule has 0 N–H and O–H groups in total. The van der Waals surface area contributed by atoms with E-state index in [2.05, 4.69) is 59.7 Å². The predicted octanol–water partition coefficient (Wildman–Crippen LogP) is 2.19. The van der Waals surface area contributed by atoms with Gasteiger partial charge >= 0.3 is 18.9 Å². The summed E-state index contributed by atoms with van der Waals surface area (Å²) in [7, 11) is 0. The molecule has 0 aromatic heterocycles. The third-order valence-corrected chi connectivity index (χ3v) is 3.77. The Morgan fingerprint density at radius 1 is 1.00 bits per heavy atom. The average Bonchev–Trinajstić information content (AvgIpc) is 2.32. The van der Waals surface area contributed by atoms with E-state index in [0.717, 1.165) is 5.69 Å². The Morgan fingerprint density at radius 2 is 1.43 bits per heavy atom. The minimum atomic E-state index is -0.937. The molecule has 1 rings (SSSR count). The molecule has 0 aliphatic heterocycles. The number of nitrogens with zero attached hydrogens (tertiary/aromatic N) is 1. The maximum absolute atomic E-state index is 12.0. The van der Waals surface area contributed by atoms with Crippen molar-refractivity contribution in [2.75, 3.05) is 0 Å². The van der Waals surface area contributed by atoms with Crippen LogP contribution in [0.2, 0.25) is 0 Å². The quantitative estimate of drug-likeness (QED) is 0.586. The first-order valence-corrected chi connectivity index (χ1v) is 8.31. The first kappa shape index (κ1) is 22.4. The zero-order valence-electron chi connectivity index (χ0n) is 16.5. The topological polar surface area (TPSA) is 35.4 Å². The molecule has 0 aliphatic carbocycles. The Bertz CT molecular complexity index is 499. The van der Waals surface area contributed by atoms with Crippen LogP contribution in [-0.4, -0.2) is 11.8 Å². The molecular weight excluding hydrogens is 277 g/mol. The second kappa shape index (κ2) is 8.52. The fourth-order valence-electron chi connectivity index (χ4n) is 3.04. The van der Waals surface area contributed by atoms with Gasteiger partial charge in [-0.2, -0.15) is 0 Å². The summed E-state index contributed by atoms with van der Waals surface area (Å²) in [6.45, 7) is 16.4. The molecule has 0 saturated heterocycles. The second-order valence-electron chi connectivity index (χ2n) is 8.28. The summed E-state index contributed by atoms with van der Waals surface area (Å²) < 4.78 is 0. The van der Waals surface area contributed by atoms with Crippen molar-refractivity contribution in [3.05, 3.63) is 29.3 Å². The minimum absolute atomic E-state index is 0. The van der Waals surface area contributed by atoms with Crippen molar-refractivity contribution in [3.8, 4) is 0 Å². The summed E-state index contributed by atoms with van der Waals surface area (Å²) in [4.78, 5) is 4.84. The molecule has 3 heteroatoms. The molecule has 0 fully saturated rings. The Hall–Kier alpha value is -0.553. The molecule has 0 unspecified atom stereocenters. The maximum Gasteiger partial charge on any atom is 1.00 e. The van der Waals surface area contributed by atoms with Crippen molar-refractivity contribution < 1.29 is 24.0 Å². The summed E-state index contributed by atoms with van der Waals surface area (Å²) in [6, 6.07) is 6.44. The number of rotatable bonds is 6. The molecule has 0 saturated carbocycles. The molecule has 1 aromatic carbocycles. The first-order valence-electron chi connectivity index (χ1n) is 8.31. The summed E-state index contributed by atoms with van der Waals surface area (Å²) >= 11 is 0. The van der Waals surface area contributed by atoms with Crippen molar-refractivity contribution in [2.24, 2.45) is 10.4 Å². The van der Waals surface area contributed by atoms with Crippen LogP contribution in [0.1, 0.15) is 84.8 Å². The van der Waals surface area contributed by atoms with E-state index >= 15 is 0 Å². The Balaban J connectivity index is 0.00000484. The van der Waals surface area contributed by atoms with Crippen LogP contribution in [0.3, 0.4) is 0 Å². The van der Waals surface area contributed by atoms with Crippen LogP contribution in [0.5, 0.6) is 0 Å². The number of aliphatic imine (C=N–C) groups is 1. The van der Waals surface area contributed by atoms with E-state index in [1.165, 1.54) is 11.1 Å². The molecule has 0 amide bonds. The van der Waals surface area contributed by atoms with E-state index in [4.69, 9.17) is 4.99 Å². The van der Waals surface area contributed by atoms with Crippen LogP contribution in [0.15, 0.2) is 23.2 Å². The van der Waals surface area contributed by atoms with Crippen LogP contribution in [0.4, 0.5) is 5.69 Å². The Labute approximate surface area is 155 Å². The molecule has 1 aromatic rings. The van der Waals surface area contributed by atoms with Gasteiger partial charge in [0.1, 0.15) is 0 Å². The third kappa shape index (κ3) is 7.25. The Morgan fingerprint density at radius 3 is 1.78 bits per heavy atom. The van der Waals surface area contributed by atoms with E-state index < -0.39 is 5.60 Å². The molecule has 0 aliphatic rings. The van der Waals surface area contributed by atoms with Crippen molar-refractivity contribution in [1.29, 1.82) is 0 Å². The van der Waals surface area contributed by atoms with E-state index in [0.29, 0.717) is 18.3 Å². The zero-order valence-corrected chi connectivity index (χ0v) is 16.5. The van der Waals surface area contributed by atoms with E-state index in [9.17, 15) is 5.11 Å². The van der Waals surface area contributed by atoms with Crippen molar-refractivity contribution in [3.63, 3.8) is 0 Å². The fraction of sp³-hybridized carbons (Fsp3) is 0.650. The van der Waals surface area contributed by atoms with Gasteiger partial charge in [0, 0.05) is 6.21 Å². The smallest absolute Gasteiger partial charge is 0.850 e. The van der Waals surface area contributed by atoms with Gasteiger partial charge in [-0.3, -0.25) is 4.99 Å². The van der Waals surface area contributed by atoms with Crippen molar-refractivity contribution in [2.45, 2.75) is 79.2 Å². The molecule has 0 bridgehead atoms. The van der Waals surface area contributed by atoms with Gasteiger partial charge in [-0.1, -0.05) is 80.0 Å². The number of benzene rings is 1. The summed E-state index contributed by atoms with van der Waals surface area (Å²) in [5.41, 5.74) is 2.50. The number of hydrogen-bond acceptors (Lipinski definition) is 2. The zero-order chi connectivity index (χ0) is 17.1. The summed E-state index contributed by atoms with van der Waals surface area (Å²) in [6.07, 6.45) is 2.55. The average molecular weight is 309 g/mol. The third-order valence-electron chi connectivity index (χ3n) is 3.77. The van der Waals surface area contributed by atoms with Crippen molar-refractivity contribution >= 4 is 11.9 Å². The molecule has 124 valence electrons. The second-order valence-corrected chi connectivity index (χ2v) is 8.28. The van der Waals surface area contributed by atoms with Crippen LogP contribution in [0, 0.1) is 5.41 Å². The first-order chi connectivity index (χ1) is 9.93. The fourth-order valence-corrected chi connectivity index (χ4v) is 3.04. The molecule has 0 heterocycles. The van der Waals surface area contributed by atoms with Gasteiger partial charge < -0.3 is 5.11 Å². The van der Waals surface area contributed by atoms with Gasteiger partial charge in [0.2, 0.25) is 0 Å². The van der Waals surface area contributed by atoms with E-state index in [-0.39, 0.29) is 24.3 Å². The van der Waals surface area contributed by atoms with Crippen molar-refractivity contribution in [1.82, 2.24) is 0 Å². The molecule has 0 spiro atoms. The van der Waals surface area contributed by atoms with Gasteiger partial charge in [0.25, 0.3) is 0 Å². The number of hydrogen-bond donors (Lipinski definition) is 0. The molecule has 23 heavy (non-hydrogen) atoms. The van der Waals surface area contributed by atoms with Gasteiger partial charge in [-0.15, -0.1) is 5.60 Å². The normalized spacial score (nSPS) is 13.0. The van der Waals surface area contributed by atoms with E-state index in [1.54, 1.807) is 13.8 Å². The largest absolute Gasteiger partial charge is 1.00 e. The molecule has 2 nitrogen and oxygen atoms in total. The SMILES string of the molecule is CC(C)c1cccc(C(C)C)c1N=CC(C)(C)CC(C)(C)[O-].[Li+]. The van der Waals surface area contributed by atoms with Gasteiger partial charge in [0.05, 0.1) is 5.69 Å². The standard InChI is InChI=1S/C20H32NO.Li/c1-14(2)16-10-9-11-17(15(3)4)18(16)21-13-19(5,6)12-20(7,8)22;/h9-11,13-15H,12H2,1-8H3;/q-1;+1. The monoisotopic (exact) mass is 309 g/mol. The van der Waals surface area contributed by atoms with Gasteiger partial charge in [-0.05, 0) is 28.4 Å². The molecular formula is C20H32LiNO. The van der Waals surface area contributed by atoms with Crippen LogP contribution >= 0.6 is 0 Å². The molecule has 0 radical (unpaired) electrons. The van der Waals surface area contributed by atoms with Gasteiger partial charge in [0.15, 0.2) is 0 Å².